The van der Waals surface area contributed by atoms with E-state index in [1.165, 1.54) is 18.2 Å². The van der Waals surface area contributed by atoms with Crippen LogP contribution in [-0.2, 0) is 20.7 Å². The summed E-state index contributed by atoms with van der Waals surface area (Å²) in [6.07, 6.45) is 0.503. The van der Waals surface area contributed by atoms with Crippen molar-refractivity contribution >= 4 is 24.0 Å². The van der Waals surface area contributed by atoms with Crippen molar-refractivity contribution in [3.05, 3.63) is 65.2 Å². The van der Waals surface area contributed by atoms with Gasteiger partial charge in [-0.05, 0) is 47.9 Å². The number of carboxylic acids is 1. The first-order valence-electron chi connectivity index (χ1n) is 8.11. The molecule has 0 spiro atoms. The maximum atomic E-state index is 14.3. The van der Waals surface area contributed by atoms with Crippen LogP contribution >= 0.6 is 0 Å². The van der Waals surface area contributed by atoms with E-state index in [9.17, 15) is 18.8 Å². The van der Waals surface area contributed by atoms with Crippen molar-refractivity contribution in [2.24, 2.45) is 5.73 Å². The molecule has 8 nitrogen and oxygen atoms in total. The summed E-state index contributed by atoms with van der Waals surface area (Å²) in [7, 11) is 0. The number of cyclic esters (lactones) is 1. The van der Waals surface area contributed by atoms with Gasteiger partial charge in [-0.15, -0.1) is 0 Å². The Morgan fingerprint density at radius 1 is 1.25 bits per heavy atom. The number of nitrogens with one attached hydrogen (secondary N) is 1. The third-order valence-corrected chi connectivity index (χ3v) is 3.82. The molecule has 1 saturated heterocycles. The van der Waals surface area contributed by atoms with E-state index in [4.69, 9.17) is 15.6 Å². The predicted octanol–water partition coefficient (Wildman–Crippen LogP) is 2.18. The number of rotatable bonds is 6. The average Bonchev–Trinajstić information content (AvgIpc) is 2.96. The Morgan fingerprint density at radius 2 is 1.96 bits per heavy atom. The molecule has 2 aromatic carbocycles. The molecule has 9 heteroatoms. The molecule has 0 aromatic heterocycles. The SMILES string of the molecule is NC(Cc1ccc(Oc2ccc(/C=C3\OC(=O)NC3=O)cc2F)cc1)C(=O)O. The topological polar surface area (TPSA) is 128 Å². The zero-order valence-electron chi connectivity index (χ0n) is 14.3. The van der Waals surface area contributed by atoms with Gasteiger partial charge in [-0.3, -0.25) is 14.9 Å². The number of hydrogen-bond acceptors (Lipinski definition) is 6. The lowest BCUT2D eigenvalue weighted by atomic mass is 10.1. The first-order valence-corrected chi connectivity index (χ1v) is 8.11. The number of alkyl carbamates (subject to hydrolysis) is 1. The average molecular weight is 386 g/mol. The fourth-order valence-corrected chi connectivity index (χ4v) is 2.42. The highest BCUT2D eigenvalue weighted by atomic mass is 19.1. The minimum absolute atomic E-state index is 0.0509. The predicted molar refractivity (Wildman–Crippen MR) is 94.8 cm³/mol. The third kappa shape index (κ3) is 4.51. The van der Waals surface area contributed by atoms with Gasteiger partial charge in [0.05, 0.1) is 0 Å². The van der Waals surface area contributed by atoms with Gasteiger partial charge in [0.25, 0.3) is 5.91 Å². The molecule has 2 aromatic rings. The van der Waals surface area contributed by atoms with Crippen LogP contribution in [0.15, 0.2) is 48.2 Å². The van der Waals surface area contributed by atoms with E-state index >= 15 is 0 Å². The molecular formula is C19H15FN2O6. The van der Waals surface area contributed by atoms with Crippen LogP contribution in [0.4, 0.5) is 9.18 Å². The molecule has 0 radical (unpaired) electrons. The molecule has 28 heavy (non-hydrogen) atoms. The fraction of sp³-hybridized carbons (Fsp3) is 0.105. The van der Waals surface area contributed by atoms with E-state index in [0.29, 0.717) is 16.9 Å². The van der Waals surface area contributed by atoms with E-state index in [-0.39, 0.29) is 17.9 Å². The number of carboxylic acid groups (broad SMARTS) is 1. The van der Waals surface area contributed by atoms with Crippen molar-refractivity contribution in [2.75, 3.05) is 0 Å². The van der Waals surface area contributed by atoms with E-state index in [1.807, 2.05) is 5.32 Å². The normalized spacial score (nSPS) is 15.9. The number of carbonyl (C=O) groups excluding carboxylic acids is 2. The minimum atomic E-state index is -1.10. The molecule has 2 amide bonds. The van der Waals surface area contributed by atoms with Crippen LogP contribution in [0.1, 0.15) is 11.1 Å². The number of imide groups is 1. The number of hydrogen-bond donors (Lipinski definition) is 3. The molecule has 1 atom stereocenters. The summed E-state index contributed by atoms with van der Waals surface area (Å²) < 4.78 is 24.4. The van der Waals surface area contributed by atoms with Crippen LogP contribution in [0, 0.1) is 5.82 Å². The minimum Gasteiger partial charge on any atom is -0.480 e. The Morgan fingerprint density at radius 3 is 2.54 bits per heavy atom. The Balaban J connectivity index is 1.70. The van der Waals surface area contributed by atoms with E-state index in [2.05, 4.69) is 4.74 Å². The summed E-state index contributed by atoms with van der Waals surface area (Å²) in [5.74, 6) is -2.41. The molecule has 3 rings (SSSR count). The van der Waals surface area contributed by atoms with Gasteiger partial charge < -0.3 is 20.3 Å². The van der Waals surface area contributed by atoms with Crippen LogP contribution in [0.3, 0.4) is 0 Å². The van der Waals surface area contributed by atoms with Gasteiger partial charge in [-0.1, -0.05) is 18.2 Å². The van der Waals surface area contributed by atoms with Crippen molar-refractivity contribution < 1.29 is 33.4 Å². The molecule has 0 bridgehead atoms. The third-order valence-electron chi connectivity index (χ3n) is 3.82. The van der Waals surface area contributed by atoms with Crippen LogP contribution in [0.2, 0.25) is 0 Å². The monoisotopic (exact) mass is 386 g/mol. The lowest BCUT2D eigenvalue weighted by molar-refractivity contribution is -0.138. The Labute approximate surface area is 158 Å². The number of halogens is 1. The summed E-state index contributed by atoms with van der Waals surface area (Å²) >= 11 is 0. The second kappa shape index (κ2) is 7.89. The lowest BCUT2D eigenvalue weighted by Crippen LogP contribution is -2.32. The molecule has 0 saturated carbocycles. The van der Waals surface area contributed by atoms with Crippen LogP contribution in [-0.4, -0.2) is 29.1 Å². The fourth-order valence-electron chi connectivity index (χ4n) is 2.42. The van der Waals surface area contributed by atoms with Gasteiger partial charge >= 0.3 is 12.1 Å². The van der Waals surface area contributed by atoms with Crippen molar-refractivity contribution in [3.8, 4) is 11.5 Å². The first kappa shape index (κ1) is 19.1. The highest BCUT2D eigenvalue weighted by Gasteiger charge is 2.26. The van der Waals surface area contributed by atoms with E-state index < -0.39 is 29.8 Å². The molecular weight excluding hydrogens is 371 g/mol. The molecule has 1 aliphatic heterocycles. The maximum Gasteiger partial charge on any atom is 0.419 e. The molecule has 1 unspecified atom stereocenters. The van der Waals surface area contributed by atoms with Gasteiger partial charge in [0.1, 0.15) is 11.8 Å². The summed E-state index contributed by atoms with van der Waals surface area (Å²) in [6.45, 7) is 0. The van der Waals surface area contributed by atoms with Gasteiger partial charge in [0, 0.05) is 0 Å². The molecule has 1 aliphatic rings. The second-order valence-corrected chi connectivity index (χ2v) is 5.94. The summed E-state index contributed by atoms with van der Waals surface area (Å²) in [6, 6.07) is 9.40. The number of carbonyl (C=O) groups is 3. The number of ether oxygens (including phenoxy) is 2. The number of nitrogens with two attached hydrogens (primary N) is 1. The van der Waals surface area contributed by atoms with Crippen molar-refractivity contribution in [2.45, 2.75) is 12.5 Å². The zero-order valence-corrected chi connectivity index (χ0v) is 14.3. The van der Waals surface area contributed by atoms with Gasteiger partial charge in [-0.25, -0.2) is 9.18 Å². The molecule has 0 aliphatic carbocycles. The number of benzene rings is 2. The first-order chi connectivity index (χ1) is 13.3. The van der Waals surface area contributed by atoms with Crippen molar-refractivity contribution in [3.63, 3.8) is 0 Å². The Bertz CT molecular complexity index is 971. The van der Waals surface area contributed by atoms with E-state index in [1.54, 1.807) is 24.3 Å². The molecule has 1 heterocycles. The maximum absolute atomic E-state index is 14.3. The standard InChI is InChI=1S/C19H15FN2O6/c20-13-7-11(9-16-17(23)22-19(26)28-16)3-6-15(13)27-12-4-1-10(2-5-12)8-14(21)18(24)25/h1-7,9,14H,8,21H2,(H,24,25)(H,22,23,26)/b16-9-. The highest BCUT2D eigenvalue weighted by Crippen LogP contribution is 2.26. The Kier molecular flexibility index (Phi) is 5.37. The smallest absolute Gasteiger partial charge is 0.419 e. The zero-order chi connectivity index (χ0) is 20.3. The van der Waals surface area contributed by atoms with Gasteiger partial charge in [0.2, 0.25) is 0 Å². The number of aliphatic carboxylic acids is 1. The van der Waals surface area contributed by atoms with Crippen molar-refractivity contribution in [1.29, 1.82) is 0 Å². The largest absolute Gasteiger partial charge is 0.480 e. The summed E-state index contributed by atoms with van der Waals surface area (Å²) in [5.41, 5.74) is 6.49. The van der Waals surface area contributed by atoms with Gasteiger partial charge in [-0.2, -0.15) is 0 Å². The lowest BCUT2D eigenvalue weighted by Gasteiger charge is -2.10. The highest BCUT2D eigenvalue weighted by molar-refractivity contribution is 6.09. The van der Waals surface area contributed by atoms with Crippen LogP contribution in [0.5, 0.6) is 11.5 Å². The van der Waals surface area contributed by atoms with Crippen molar-refractivity contribution in [1.82, 2.24) is 5.32 Å². The molecule has 4 N–H and O–H groups in total. The molecule has 1 fully saturated rings. The van der Waals surface area contributed by atoms with Crippen LogP contribution < -0.4 is 15.8 Å². The van der Waals surface area contributed by atoms with Gasteiger partial charge in [0.15, 0.2) is 17.3 Å². The second-order valence-electron chi connectivity index (χ2n) is 5.94. The Hall–Kier alpha value is -3.72. The van der Waals surface area contributed by atoms with E-state index in [0.717, 1.165) is 6.07 Å². The summed E-state index contributed by atoms with van der Waals surface area (Å²) in [5, 5.41) is 10.8. The summed E-state index contributed by atoms with van der Waals surface area (Å²) in [4.78, 5) is 33.2. The number of amides is 2. The van der Waals surface area contributed by atoms with Crippen LogP contribution in [0.25, 0.3) is 6.08 Å². The quantitative estimate of drug-likeness (QED) is 0.649. The molecule has 144 valence electrons.